The summed E-state index contributed by atoms with van der Waals surface area (Å²) in [5, 5.41) is 0. The molecule has 0 aromatic heterocycles. The average Bonchev–Trinajstić information content (AvgIpc) is 2.17. The van der Waals surface area contributed by atoms with Crippen molar-refractivity contribution in [3.63, 3.8) is 0 Å². The maximum absolute atomic E-state index is 5.84. The maximum atomic E-state index is 5.84. The van der Waals surface area contributed by atoms with Crippen molar-refractivity contribution < 1.29 is 9.31 Å². The molecule has 11 heteroatoms. The molecule has 0 aliphatic carbocycles. The van der Waals surface area contributed by atoms with Gasteiger partial charge in [-0.2, -0.15) is 0 Å². The molecule has 2 unspecified atom stereocenters. The van der Waals surface area contributed by atoms with E-state index < -0.39 is 19.0 Å². The third kappa shape index (κ3) is 4.79. The second-order valence-corrected chi connectivity index (χ2v) is 3.64. The molecule has 12 radical (unpaired) electrons. The molecular formula is C5H9B9O2. The molecule has 0 N–H and O–H groups in total. The minimum atomic E-state index is -1.10. The molecule has 0 bridgehead atoms. The Morgan fingerprint density at radius 3 is 2.19 bits per heavy atom. The smallest absolute Gasteiger partial charge is 0.234 e. The second kappa shape index (κ2) is 7.76. The highest BCUT2D eigenvalue weighted by Gasteiger charge is 2.37. The van der Waals surface area contributed by atoms with Crippen LogP contribution in [0.1, 0.15) is 20.3 Å². The van der Waals surface area contributed by atoms with E-state index >= 15 is 0 Å². The predicted octanol–water partition coefficient (Wildman–Crippen LogP) is -2.01. The fourth-order valence-electron chi connectivity index (χ4n) is 1.73. The van der Waals surface area contributed by atoms with E-state index in [0.29, 0.717) is 6.42 Å². The van der Waals surface area contributed by atoms with E-state index in [2.05, 4.69) is 0 Å². The van der Waals surface area contributed by atoms with Crippen LogP contribution in [0.2, 0.25) is 5.82 Å². The Kier molecular flexibility index (Phi) is 8.00. The van der Waals surface area contributed by atoms with E-state index in [1.165, 1.54) is 7.06 Å². The van der Waals surface area contributed by atoms with Crippen LogP contribution in [0.4, 0.5) is 0 Å². The summed E-state index contributed by atoms with van der Waals surface area (Å²) in [6.45, 7) is 2.20. The topological polar surface area (TPSA) is 18.5 Å². The molecule has 2 nitrogen and oxygen atoms in total. The van der Waals surface area contributed by atoms with Crippen molar-refractivity contribution in [1.82, 2.24) is 0 Å². The largest absolute Gasteiger partial charge is 0.433 e. The molecule has 0 aromatic rings. The van der Waals surface area contributed by atoms with Gasteiger partial charge in [0.25, 0.3) is 0 Å². The van der Waals surface area contributed by atoms with Gasteiger partial charge in [0.05, 0.1) is 29.7 Å². The van der Waals surface area contributed by atoms with Gasteiger partial charge in [0.2, 0.25) is 7.37 Å². The van der Waals surface area contributed by atoms with E-state index in [1.807, 2.05) is 6.92 Å². The Bertz CT molecular complexity index is 193. The van der Waals surface area contributed by atoms with E-state index in [9.17, 15) is 0 Å². The lowest BCUT2D eigenvalue weighted by atomic mass is 9.01. The molecule has 0 aromatic carbocycles. The molecule has 0 amide bonds. The molecule has 0 fully saturated rings. The Morgan fingerprint density at radius 2 is 1.88 bits per heavy atom. The first-order valence-corrected chi connectivity index (χ1v) is 5.12. The van der Waals surface area contributed by atoms with Gasteiger partial charge in [-0.3, -0.25) is 0 Å². The van der Waals surface area contributed by atoms with Crippen molar-refractivity contribution >= 4 is 66.3 Å². The summed E-state index contributed by atoms with van der Waals surface area (Å²) < 4.78 is 10.6. The molecule has 0 aliphatic rings. The highest BCUT2D eigenvalue weighted by atomic mass is 16.7. The first-order chi connectivity index (χ1) is 7.41. The minimum absolute atomic E-state index is 0.216. The lowest BCUT2D eigenvalue weighted by molar-refractivity contribution is -0.0995. The fraction of sp³-hybridized carbons (Fsp3) is 1.00. The monoisotopic (exact) mass is 200 g/mol. The van der Waals surface area contributed by atoms with Crippen LogP contribution in [0, 0.1) is 0 Å². The van der Waals surface area contributed by atoms with Crippen molar-refractivity contribution in [2.45, 2.75) is 31.9 Å². The fourth-order valence-corrected chi connectivity index (χ4v) is 1.73. The second-order valence-electron chi connectivity index (χ2n) is 3.64. The summed E-state index contributed by atoms with van der Waals surface area (Å²) in [5.74, 6) is -1.32. The third-order valence-electron chi connectivity index (χ3n) is 2.47. The molecule has 16 heavy (non-hydrogen) atoms. The van der Waals surface area contributed by atoms with Crippen LogP contribution in [0.25, 0.3) is 0 Å². The Balaban J connectivity index is 4.81. The zero-order chi connectivity index (χ0) is 12.8. The lowest BCUT2D eigenvalue weighted by Crippen LogP contribution is -2.51. The van der Waals surface area contributed by atoms with Gasteiger partial charge in [-0.05, 0) is 12.7 Å². The molecule has 0 heterocycles. The van der Waals surface area contributed by atoms with Crippen LogP contribution in [0.5, 0.6) is 0 Å². The zero-order valence-electron chi connectivity index (χ0n) is 9.80. The first kappa shape index (κ1) is 16.5. The summed E-state index contributed by atoms with van der Waals surface area (Å²) >= 11 is 0. The van der Waals surface area contributed by atoms with Gasteiger partial charge in [-0.25, -0.2) is 0 Å². The molecule has 0 saturated carbocycles. The summed E-state index contributed by atoms with van der Waals surface area (Å²) in [6, 6.07) is 0. The van der Waals surface area contributed by atoms with Gasteiger partial charge in [-0.1, -0.05) is 13.3 Å². The van der Waals surface area contributed by atoms with Crippen molar-refractivity contribution in [2.24, 2.45) is 0 Å². The molecule has 2 atom stereocenters. The summed E-state index contributed by atoms with van der Waals surface area (Å²) in [4.78, 5) is 0. The number of hydrogen-bond donors (Lipinski definition) is 0. The minimum Gasteiger partial charge on any atom is -0.433 e. The zero-order valence-corrected chi connectivity index (χ0v) is 9.80. The van der Waals surface area contributed by atoms with E-state index in [1.54, 1.807) is 6.92 Å². The van der Waals surface area contributed by atoms with E-state index in [4.69, 9.17) is 48.0 Å². The lowest BCUT2D eigenvalue weighted by Gasteiger charge is -2.42. The van der Waals surface area contributed by atoms with Crippen LogP contribution in [-0.4, -0.2) is 72.1 Å². The molecular weight excluding hydrogens is 189 g/mol. The van der Waals surface area contributed by atoms with Gasteiger partial charge in [0.1, 0.15) is 5.79 Å². The molecule has 0 aliphatic heterocycles. The molecule has 0 saturated heterocycles. The van der Waals surface area contributed by atoms with Crippen LogP contribution in [-0.2, 0) is 9.31 Å². The Morgan fingerprint density at radius 1 is 1.31 bits per heavy atom. The van der Waals surface area contributed by atoms with Crippen LogP contribution in [0.15, 0.2) is 0 Å². The highest BCUT2D eigenvalue weighted by Crippen LogP contribution is 2.32. The average molecular weight is 198 g/mol. The maximum Gasteiger partial charge on any atom is 0.234 e. The van der Waals surface area contributed by atoms with Gasteiger partial charge >= 0.3 is 0 Å². The number of hydrogen-bond acceptors (Lipinski definition) is 2. The van der Waals surface area contributed by atoms with Crippen LogP contribution in [0.3, 0.4) is 0 Å². The normalized spacial score (nSPS) is 15.9. The van der Waals surface area contributed by atoms with Crippen molar-refractivity contribution in [2.75, 3.05) is 0 Å². The van der Waals surface area contributed by atoms with Crippen molar-refractivity contribution in [3.05, 3.63) is 0 Å². The number of rotatable bonds is 8. The van der Waals surface area contributed by atoms with Crippen molar-refractivity contribution in [3.8, 4) is 0 Å². The SMILES string of the molecule is [B][B]OC(C)(OB([B])[B])C(CC)B([B])[B][B]. The molecule has 0 spiro atoms. The van der Waals surface area contributed by atoms with Crippen LogP contribution < -0.4 is 0 Å². The highest BCUT2D eigenvalue weighted by molar-refractivity contribution is 7.46. The van der Waals surface area contributed by atoms with E-state index in [0.717, 1.165) is 7.37 Å². The van der Waals surface area contributed by atoms with Gasteiger partial charge in [-0.15, -0.1) is 0 Å². The third-order valence-corrected chi connectivity index (χ3v) is 2.47. The molecule has 0 rings (SSSR count). The Hall–Kier alpha value is 0.504. The molecule has 68 valence electrons. The quantitative estimate of drug-likeness (QED) is 0.331. The van der Waals surface area contributed by atoms with E-state index in [-0.39, 0.29) is 5.82 Å². The predicted molar refractivity (Wildman–Crippen MR) is 76.4 cm³/mol. The van der Waals surface area contributed by atoms with Crippen molar-refractivity contribution in [1.29, 1.82) is 0 Å². The van der Waals surface area contributed by atoms with Crippen LogP contribution >= 0.6 is 0 Å². The van der Waals surface area contributed by atoms with Gasteiger partial charge in [0.15, 0.2) is 6.70 Å². The summed E-state index contributed by atoms with van der Waals surface area (Å²) in [7, 11) is 29.6. The summed E-state index contributed by atoms with van der Waals surface area (Å²) in [6.07, 6.45) is 0.673. The first-order valence-electron chi connectivity index (χ1n) is 5.12. The van der Waals surface area contributed by atoms with Gasteiger partial charge in [0, 0.05) is 22.5 Å². The summed E-state index contributed by atoms with van der Waals surface area (Å²) in [5.41, 5.74) is 0. The van der Waals surface area contributed by atoms with Gasteiger partial charge < -0.3 is 9.31 Å². The standard InChI is InChI=1S/C5H9B9O2/c1-3-4(13(8)11-6)5(2,15-12-7)16-14(9)10/h4H,3H2,1-2H3. The Labute approximate surface area is 108 Å².